The molecule has 0 aliphatic heterocycles. The summed E-state index contributed by atoms with van der Waals surface area (Å²) in [6.07, 6.45) is 4.82. The largest absolute Gasteiger partial charge is 0.494 e. The maximum Gasteiger partial charge on any atom is 0.220 e. The second-order valence-corrected chi connectivity index (χ2v) is 6.44. The number of para-hydroxylation sites is 1. The van der Waals surface area contributed by atoms with E-state index in [1.54, 1.807) is 0 Å². The molecule has 0 fully saturated rings. The fourth-order valence-electron chi connectivity index (χ4n) is 3.20. The van der Waals surface area contributed by atoms with E-state index in [1.165, 1.54) is 36.0 Å². The molecule has 0 saturated carbocycles. The molecule has 0 spiro atoms. The summed E-state index contributed by atoms with van der Waals surface area (Å²) in [5, 5.41) is 3.09. The monoisotopic (exact) mass is 323 g/mol. The number of nitrogens with one attached hydrogen (secondary N) is 1. The molecule has 3 rings (SSSR count). The Labute approximate surface area is 144 Å². The average molecular weight is 323 g/mol. The van der Waals surface area contributed by atoms with Crippen molar-refractivity contribution in [2.24, 2.45) is 0 Å². The van der Waals surface area contributed by atoms with Gasteiger partial charge in [-0.2, -0.15) is 0 Å². The van der Waals surface area contributed by atoms with Gasteiger partial charge in [0.15, 0.2) is 0 Å². The van der Waals surface area contributed by atoms with Crippen LogP contribution in [0, 0.1) is 0 Å². The number of rotatable bonds is 7. The Balaban J connectivity index is 1.41. The average Bonchev–Trinajstić information content (AvgIpc) is 3.07. The second kappa shape index (κ2) is 8.00. The predicted molar refractivity (Wildman–Crippen MR) is 96.2 cm³/mol. The third-order valence-corrected chi connectivity index (χ3v) is 4.56. The number of benzene rings is 2. The fourth-order valence-corrected chi connectivity index (χ4v) is 3.20. The van der Waals surface area contributed by atoms with Crippen molar-refractivity contribution in [1.82, 2.24) is 5.32 Å². The third kappa shape index (κ3) is 4.38. The summed E-state index contributed by atoms with van der Waals surface area (Å²) < 4.78 is 5.62. The van der Waals surface area contributed by atoms with E-state index in [9.17, 15) is 4.79 Å². The summed E-state index contributed by atoms with van der Waals surface area (Å²) in [5.74, 6) is 0.934. The van der Waals surface area contributed by atoms with Crippen LogP contribution in [0.15, 0.2) is 48.5 Å². The van der Waals surface area contributed by atoms with E-state index in [1.807, 2.05) is 30.3 Å². The van der Waals surface area contributed by atoms with Crippen LogP contribution in [-0.4, -0.2) is 12.5 Å². The SMILES string of the molecule is CC(NC(=O)CCCOc1ccccc1)c1ccc2c(c1)CCC2. The molecule has 1 N–H and O–H groups in total. The molecular weight excluding hydrogens is 298 g/mol. The van der Waals surface area contributed by atoms with Crippen LogP contribution in [-0.2, 0) is 17.6 Å². The Bertz CT molecular complexity index is 681. The van der Waals surface area contributed by atoms with Gasteiger partial charge >= 0.3 is 0 Å². The Morgan fingerprint density at radius 1 is 1.12 bits per heavy atom. The number of hydrogen-bond acceptors (Lipinski definition) is 2. The first kappa shape index (κ1) is 16.6. The third-order valence-electron chi connectivity index (χ3n) is 4.56. The zero-order valence-electron chi connectivity index (χ0n) is 14.3. The zero-order chi connectivity index (χ0) is 16.8. The highest BCUT2D eigenvalue weighted by Gasteiger charge is 2.14. The molecule has 1 unspecified atom stereocenters. The molecule has 2 aromatic rings. The minimum Gasteiger partial charge on any atom is -0.494 e. The summed E-state index contributed by atoms with van der Waals surface area (Å²) in [6.45, 7) is 2.61. The van der Waals surface area contributed by atoms with Crippen LogP contribution < -0.4 is 10.1 Å². The van der Waals surface area contributed by atoms with E-state index in [0.29, 0.717) is 13.0 Å². The molecule has 1 aliphatic rings. The molecular formula is C21H25NO2. The van der Waals surface area contributed by atoms with Crippen molar-refractivity contribution in [3.05, 3.63) is 65.2 Å². The van der Waals surface area contributed by atoms with Gasteiger partial charge in [0, 0.05) is 6.42 Å². The van der Waals surface area contributed by atoms with Crippen molar-refractivity contribution in [3.63, 3.8) is 0 Å². The molecule has 2 aromatic carbocycles. The van der Waals surface area contributed by atoms with Gasteiger partial charge in [-0.3, -0.25) is 4.79 Å². The van der Waals surface area contributed by atoms with Gasteiger partial charge in [-0.1, -0.05) is 36.4 Å². The van der Waals surface area contributed by atoms with Gasteiger partial charge in [-0.05, 0) is 61.4 Å². The second-order valence-electron chi connectivity index (χ2n) is 6.44. The van der Waals surface area contributed by atoms with E-state index < -0.39 is 0 Å². The molecule has 126 valence electrons. The number of fused-ring (bicyclic) bond motifs is 1. The quantitative estimate of drug-likeness (QED) is 0.775. The highest BCUT2D eigenvalue weighted by atomic mass is 16.5. The van der Waals surface area contributed by atoms with Gasteiger partial charge in [0.1, 0.15) is 5.75 Å². The Morgan fingerprint density at radius 2 is 1.92 bits per heavy atom. The summed E-state index contributed by atoms with van der Waals surface area (Å²) >= 11 is 0. The van der Waals surface area contributed by atoms with Crippen molar-refractivity contribution >= 4 is 5.91 Å². The lowest BCUT2D eigenvalue weighted by molar-refractivity contribution is -0.121. The van der Waals surface area contributed by atoms with Gasteiger partial charge in [0.05, 0.1) is 12.6 Å². The Kier molecular flexibility index (Phi) is 5.52. The minimum atomic E-state index is 0.0541. The van der Waals surface area contributed by atoms with E-state index in [0.717, 1.165) is 12.2 Å². The molecule has 0 heterocycles. The van der Waals surface area contributed by atoms with E-state index in [-0.39, 0.29) is 11.9 Å². The smallest absolute Gasteiger partial charge is 0.220 e. The maximum absolute atomic E-state index is 12.1. The standard InChI is InChI=1S/C21H25NO2/c1-16(18-13-12-17-7-5-8-19(17)15-18)22-21(23)11-6-14-24-20-9-3-2-4-10-20/h2-4,9-10,12-13,15-16H,5-8,11,14H2,1H3,(H,22,23). The molecule has 0 saturated heterocycles. The van der Waals surface area contributed by atoms with E-state index in [2.05, 4.69) is 30.4 Å². The van der Waals surface area contributed by atoms with E-state index in [4.69, 9.17) is 4.74 Å². The normalized spacial score (nSPS) is 14.0. The highest BCUT2D eigenvalue weighted by molar-refractivity contribution is 5.76. The van der Waals surface area contributed by atoms with Crippen LogP contribution in [0.1, 0.15) is 48.9 Å². The van der Waals surface area contributed by atoms with Crippen LogP contribution in [0.2, 0.25) is 0 Å². The Hall–Kier alpha value is -2.29. The topological polar surface area (TPSA) is 38.3 Å². The van der Waals surface area contributed by atoms with Crippen molar-refractivity contribution in [3.8, 4) is 5.75 Å². The number of carbonyl (C=O) groups excluding carboxylic acids is 1. The number of amides is 1. The van der Waals surface area contributed by atoms with Crippen LogP contribution in [0.5, 0.6) is 5.75 Å². The molecule has 1 aliphatic carbocycles. The van der Waals surface area contributed by atoms with Crippen molar-refractivity contribution in [2.45, 2.75) is 45.1 Å². The van der Waals surface area contributed by atoms with Crippen LogP contribution >= 0.6 is 0 Å². The summed E-state index contributed by atoms with van der Waals surface area (Å²) in [5.41, 5.74) is 4.12. The zero-order valence-corrected chi connectivity index (χ0v) is 14.3. The van der Waals surface area contributed by atoms with Gasteiger partial charge in [-0.15, -0.1) is 0 Å². The minimum absolute atomic E-state index is 0.0541. The number of hydrogen-bond donors (Lipinski definition) is 1. The summed E-state index contributed by atoms with van der Waals surface area (Å²) in [7, 11) is 0. The van der Waals surface area contributed by atoms with Crippen LogP contribution in [0.25, 0.3) is 0 Å². The molecule has 1 atom stereocenters. The van der Waals surface area contributed by atoms with Gasteiger partial charge in [0.2, 0.25) is 5.91 Å². The molecule has 3 heteroatoms. The molecule has 0 radical (unpaired) electrons. The number of carbonyl (C=O) groups is 1. The van der Waals surface area contributed by atoms with Gasteiger partial charge in [0.25, 0.3) is 0 Å². The summed E-state index contributed by atoms with van der Waals surface area (Å²) in [4.78, 5) is 12.1. The highest BCUT2D eigenvalue weighted by Crippen LogP contribution is 2.25. The van der Waals surface area contributed by atoms with Gasteiger partial charge < -0.3 is 10.1 Å². The predicted octanol–water partition coefficient (Wildman–Crippen LogP) is 4.21. The van der Waals surface area contributed by atoms with Crippen molar-refractivity contribution < 1.29 is 9.53 Å². The lowest BCUT2D eigenvalue weighted by Gasteiger charge is -2.16. The van der Waals surface area contributed by atoms with E-state index >= 15 is 0 Å². The van der Waals surface area contributed by atoms with Crippen LogP contribution in [0.4, 0.5) is 0 Å². The summed E-state index contributed by atoms with van der Waals surface area (Å²) in [6, 6.07) is 16.4. The number of aryl methyl sites for hydroxylation is 2. The molecule has 1 amide bonds. The molecule has 0 aromatic heterocycles. The maximum atomic E-state index is 12.1. The fraction of sp³-hybridized carbons (Fsp3) is 0.381. The van der Waals surface area contributed by atoms with Crippen molar-refractivity contribution in [1.29, 1.82) is 0 Å². The van der Waals surface area contributed by atoms with Crippen LogP contribution in [0.3, 0.4) is 0 Å². The molecule has 3 nitrogen and oxygen atoms in total. The molecule has 24 heavy (non-hydrogen) atoms. The first-order valence-electron chi connectivity index (χ1n) is 8.81. The lowest BCUT2D eigenvalue weighted by atomic mass is 10.0. The van der Waals surface area contributed by atoms with Crippen molar-refractivity contribution in [2.75, 3.05) is 6.61 Å². The molecule has 0 bridgehead atoms. The first-order chi connectivity index (χ1) is 11.7. The lowest BCUT2D eigenvalue weighted by Crippen LogP contribution is -2.26. The number of ether oxygens (including phenoxy) is 1. The Morgan fingerprint density at radius 3 is 2.75 bits per heavy atom. The van der Waals surface area contributed by atoms with Gasteiger partial charge in [-0.25, -0.2) is 0 Å². The first-order valence-corrected chi connectivity index (χ1v) is 8.81.